The van der Waals surface area contributed by atoms with Gasteiger partial charge in [0.15, 0.2) is 0 Å². The second-order valence-corrected chi connectivity index (χ2v) is 8.43. The molecular weight excluding hydrogens is 354 g/mol. The number of carbonyl (C=O) groups excluding carboxylic acids is 2. The SMILES string of the molecule is CCC1(CC)CCN(C(=O)C[C@@H]2COc3ccc(C(=O)N(C)C)cc3N2C)C1. The quantitative estimate of drug-likeness (QED) is 0.779. The van der Waals surface area contributed by atoms with Crippen molar-refractivity contribution in [3.05, 3.63) is 23.8 Å². The number of likely N-dealkylation sites (tertiary alicyclic amines) is 1. The molecule has 1 aromatic carbocycles. The normalized spacial score (nSPS) is 20.5. The van der Waals surface area contributed by atoms with Crippen LogP contribution in [-0.4, -0.2) is 68.5 Å². The summed E-state index contributed by atoms with van der Waals surface area (Å²) in [4.78, 5) is 30.9. The average molecular weight is 388 g/mol. The highest BCUT2D eigenvalue weighted by Crippen LogP contribution is 2.38. The Hall–Kier alpha value is -2.24. The molecule has 2 aliphatic rings. The van der Waals surface area contributed by atoms with Crippen molar-refractivity contribution in [2.75, 3.05) is 45.7 Å². The summed E-state index contributed by atoms with van der Waals surface area (Å²) in [5, 5.41) is 0. The Kier molecular flexibility index (Phi) is 5.87. The molecule has 6 nitrogen and oxygen atoms in total. The molecule has 0 saturated carbocycles. The van der Waals surface area contributed by atoms with Crippen LogP contribution in [0.5, 0.6) is 5.75 Å². The van der Waals surface area contributed by atoms with Gasteiger partial charge >= 0.3 is 0 Å². The Bertz CT molecular complexity index is 743. The predicted octanol–water partition coefficient (Wildman–Crippen LogP) is 3.01. The summed E-state index contributed by atoms with van der Waals surface area (Å²) < 4.78 is 5.91. The summed E-state index contributed by atoms with van der Waals surface area (Å²) in [7, 11) is 5.47. The highest BCUT2D eigenvalue weighted by molar-refractivity contribution is 5.95. The first kappa shape index (κ1) is 20.5. The second kappa shape index (κ2) is 8.02. The van der Waals surface area contributed by atoms with Crippen LogP contribution in [0.4, 0.5) is 5.69 Å². The number of hydrogen-bond donors (Lipinski definition) is 0. The van der Waals surface area contributed by atoms with Gasteiger partial charge in [0.2, 0.25) is 5.91 Å². The Labute approximate surface area is 168 Å². The Morgan fingerprint density at radius 3 is 2.57 bits per heavy atom. The molecule has 1 fully saturated rings. The molecule has 0 bridgehead atoms. The van der Waals surface area contributed by atoms with Crippen LogP contribution in [0.1, 0.15) is 49.9 Å². The highest BCUT2D eigenvalue weighted by atomic mass is 16.5. The number of anilines is 1. The topological polar surface area (TPSA) is 53.1 Å². The Balaban J connectivity index is 1.70. The smallest absolute Gasteiger partial charge is 0.253 e. The molecule has 6 heteroatoms. The first-order chi connectivity index (χ1) is 13.3. The summed E-state index contributed by atoms with van der Waals surface area (Å²) in [5.41, 5.74) is 1.79. The fourth-order valence-electron chi connectivity index (χ4n) is 4.30. The van der Waals surface area contributed by atoms with E-state index in [0.29, 0.717) is 24.0 Å². The van der Waals surface area contributed by atoms with Gasteiger partial charge in [0.25, 0.3) is 5.91 Å². The van der Waals surface area contributed by atoms with Crippen LogP contribution in [0.3, 0.4) is 0 Å². The van der Waals surface area contributed by atoms with Gasteiger partial charge in [-0.15, -0.1) is 0 Å². The molecule has 2 heterocycles. The summed E-state index contributed by atoms with van der Waals surface area (Å²) in [5.74, 6) is 0.925. The van der Waals surface area contributed by atoms with Crippen LogP contribution in [-0.2, 0) is 4.79 Å². The first-order valence-corrected chi connectivity index (χ1v) is 10.3. The van der Waals surface area contributed by atoms with Crippen molar-refractivity contribution in [2.45, 2.75) is 45.6 Å². The van der Waals surface area contributed by atoms with Crippen LogP contribution in [0, 0.1) is 5.41 Å². The van der Waals surface area contributed by atoms with Crippen molar-refractivity contribution in [2.24, 2.45) is 5.41 Å². The summed E-state index contributed by atoms with van der Waals surface area (Å²) in [6.45, 7) is 6.66. The lowest BCUT2D eigenvalue weighted by Gasteiger charge is -2.36. The van der Waals surface area contributed by atoms with Gasteiger partial charge in [-0.05, 0) is 42.9 Å². The summed E-state index contributed by atoms with van der Waals surface area (Å²) in [6, 6.07) is 5.48. The van der Waals surface area contributed by atoms with Crippen LogP contribution >= 0.6 is 0 Å². The summed E-state index contributed by atoms with van der Waals surface area (Å²) >= 11 is 0. The van der Waals surface area contributed by atoms with E-state index < -0.39 is 0 Å². The number of amides is 2. The number of likely N-dealkylation sites (N-methyl/N-ethyl adjacent to an activating group) is 1. The molecule has 0 aliphatic carbocycles. The molecule has 0 spiro atoms. The standard InChI is InChI=1S/C22H33N3O3/c1-6-22(7-2)10-11-25(15-22)20(26)13-17-14-28-19-9-8-16(21(27)23(3)4)12-18(19)24(17)5/h8-9,12,17H,6-7,10-11,13-15H2,1-5H3/t17-/m1/s1. The van der Waals surface area contributed by atoms with Crippen LogP contribution in [0.2, 0.25) is 0 Å². The molecule has 0 aromatic heterocycles. The minimum atomic E-state index is -0.0399. The van der Waals surface area contributed by atoms with E-state index in [1.165, 1.54) is 0 Å². The fraction of sp³-hybridized carbons (Fsp3) is 0.636. The molecule has 3 rings (SSSR count). The van der Waals surface area contributed by atoms with Crippen molar-refractivity contribution < 1.29 is 14.3 Å². The van der Waals surface area contributed by atoms with Crippen molar-refractivity contribution in [3.63, 3.8) is 0 Å². The number of nitrogens with zero attached hydrogens (tertiary/aromatic N) is 3. The monoisotopic (exact) mass is 387 g/mol. The first-order valence-electron chi connectivity index (χ1n) is 10.3. The second-order valence-electron chi connectivity index (χ2n) is 8.43. The van der Waals surface area contributed by atoms with E-state index in [1.54, 1.807) is 25.1 Å². The van der Waals surface area contributed by atoms with Crippen LogP contribution in [0.15, 0.2) is 18.2 Å². The van der Waals surface area contributed by atoms with E-state index in [4.69, 9.17) is 4.74 Å². The van der Waals surface area contributed by atoms with Gasteiger partial charge in [-0.1, -0.05) is 13.8 Å². The van der Waals surface area contributed by atoms with E-state index in [2.05, 4.69) is 18.7 Å². The maximum atomic E-state index is 12.9. The van der Waals surface area contributed by atoms with Crippen molar-refractivity contribution in [1.29, 1.82) is 0 Å². The predicted molar refractivity (Wildman–Crippen MR) is 111 cm³/mol. The molecule has 28 heavy (non-hydrogen) atoms. The minimum Gasteiger partial charge on any atom is -0.489 e. The van der Waals surface area contributed by atoms with Crippen molar-refractivity contribution in [1.82, 2.24) is 9.80 Å². The molecule has 1 atom stereocenters. The number of benzene rings is 1. The number of rotatable bonds is 5. The van der Waals surface area contributed by atoms with Gasteiger partial charge in [0.1, 0.15) is 12.4 Å². The van der Waals surface area contributed by atoms with Crippen LogP contribution < -0.4 is 9.64 Å². The zero-order valence-electron chi connectivity index (χ0n) is 17.8. The van der Waals surface area contributed by atoms with Gasteiger partial charge in [0.05, 0.1) is 18.2 Å². The van der Waals surface area contributed by atoms with Crippen LogP contribution in [0.25, 0.3) is 0 Å². The molecule has 0 unspecified atom stereocenters. The van der Waals surface area contributed by atoms with Gasteiger partial charge in [-0.3, -0.25) is 9.59 Å². The minimum absolute atomic E-state index is 0.0250. The highest BCUT2D eigenvalue weighted by Gasteiger charge is 2.38. The molecule has 2 aliphatic heterocycles. The third-order valence-corrected chi connectivity index (χ3v) is 6.67. The van der Waals surface area contributed by atoms with E-state index >= 15 is 0 Å². The molecule has 154 valence electrons. The van der Waals surface area contributed by atoms with Gasteiger partial charge in [-0.2, -0.15) is 0 Å². The fourth-order valence-corrected chi connectivity index (χ4v) is 4.30. The Morgan fingerprint density at radius 2 is 1.96 bits per heavy atom. The van der Waals surface area contributed by atoms with Gasteiger partial charge in [0, 0.05) is 39.8 Å². The number of fused-ring (bicyclic) bond motifs is 1. The van der Waals surface area contributed by atoms with Gasteiger partial charge < -0.3 is 19.4 Å². The third-order valence-electron chi connectivity index (χ3n) is 6.67. The lowest BCUT2D eigenvalue weighted by atomic mass is 9.82. The maximum absolute atomic E-state index is 12.9. The maximum Gasteiger partial charge on any atom is 0.253 e. The molecule has 0 radical (unpaired) electrons. The Morgan fingerprint density at radius 1 is 1.25 bits per heavy atom. The molecular formula is C22H33N3O3. The molecule has 1 saturated heterocycles. The number of ether oxygens (including phenoxy) is 1. The zero-order chi connectivity index (χ0) is 20.5. The lowest BCUT2D eigenvalue weighted by molar-refractivity contribution is -0.131. The van der Waals surface area contributed by atoms with Crippen molar-refractivity contribution in [3.8, 4) is 5.75 Å². The van der Waals surface area contributed by atoms with E-state index in [0.717, 1.165) is 43.8 Å². The number of carbonyl (C=O) groups is 2. The average Bonchev–Trinajstić information content (AvgIpc) is 3.14. The van der Waals surface area contributed by atoms with E-state index in [9.17, 15) is 9.59 Å². The van der Waals surface area contributed by atoms with E-state index in [1.807, 2.05) is 24.1 Å². The molecule has 1 aromatic rings. The summed E-state index contributed by atoms with van der Waals surface area (Å²) in [6.07, 6.45) is 3.78. The molecule has 2 amide bonds. The zero-order valence-corrected chi connectivity index (χ0v) is 17.8. The molecule has 0 N–H and O–H groups in total. The van der Waals surface area contributed by atoms with E-state index in [-0.39, 0.29) is 17.9 Å². The van der Waals surface area contributed by atoms with Crippen molar-refractivity contribution >= 4 is 17.5 Å². The largest absolute Gasteiger partial charge is 0.489 e. The third kappa shape index (κ3) is 3.82. The number of hydrogen-bond acceptors (Lipinski definition) is 4. The lowest BCUT2D eigenvalue weighted by Crippen LogP contribution is -2.44. The van der Waals surface area contributed by atoms with Gasteiger partial charge in [-0.25, -0.2) is 0 Å².